The van der Waals surface area contributed by atoms with Gasteiger partial charge in [-0.05, 0) is 36.9 Å². The maximum atomic E-state index is 13.8. The minimum atomic E-state index is -0.329. The van der Waals surface area contributed by atoms with Gasteiger partial charge in [0.15, 0.2) is 0 Å². The molecule has 0 fully saturated rings. The largest absolute Gasteiger partial charge is 0.298 e. The number of rotatable bonds is 4. The van der Waals surface area contributed by atoms with E-state index in [1.807, 2.05) is 42.3 Å². The summed E-state index contributed by atoms with van der Waals surface area (Å²) in [6, 6.07) is 14.6. The fourth-order valence-electron chi connectivity index (χ4n) is 2.04. The molecule has 0 saturated carbocycles. The molecule has 0 aliphatic carbocycles. The van der Waals surface area contributed by atoms with Crippen LogP contribution >= 0.6 is 15.9 Å². The van der Waals surface area contributed by atoms with Gasteiger partial charge < -0.3 is 0 Å². The van der Waals surface area contributed by atoms with Gasteiger partial charge >= 0.3 is 0 Å². The molecule has 2 nitrogen and oxygen atoms in total. The van der Waals surface area contributed by atoms with Gasteiger partial charge in [0.25, 0.3) is 0 Å². The molecule has 2 rings (SSSR count). The molecule has 20 heavy (non-hydrogen) atoms. The van der Waals surface area contributed by atoms with E-state index in [1.54, 1.807) is 12.1 Å². The molecule has 0 unspecified atom stereocenters. The van der Waals surface area contributed by atoms with Crippen molar-refractivity contribution < 1.29 is 4.39 Å². The van der Waals surface area contributed by atoms with E-state index in [2.05, 4.69) is 15.9 Å². The topological polar surface area (TPSA) is 27.0 Å². The Morgan fingerprint density at radius 2 is 2.00 bits per heavy atom. The van der Waals surface area contributed by atoms with Crippen LogP contribution in [-0.2, 0) is 13.1 Å². The lowest BCUT2D eigenvalue weighted by Gasteiger charge is -2.17. The van der Waals surface area contributed by atoms with Crippen LogP contribution in [0.1, 0.15) is 16.7 Å². The van der Waals surface area contributed by atoms with Gasteiger partial charge in [-0.3, -0.25) is 4.90 Å². The molecular weight excluding hydrogens is 319 g/mol. The second kappa shape index (κ2) is 6.65. The first kappa shape index (κ1) is 14.7. The summed E-state index contributed by atoms with van der Waals surface area (Å²) in [5.74, 6) is -0.329. The van der Waals surface area contributed by atoms with Gasteiger partial charge in [-0.1, -0.05) is 34.1 Å². The summed E-state index contributed by atoms with van der Waals surface area (Å²) in [5.41, 5.74) is 2.11. The third-order valence-corrected chi connectivity index (χ3v) is 3.46. The summed E-state index contributed by atoms with van der Waals surface area (Å²) >= 11 is 3.44. The van der Waals surface area contributed by atoms with Crippen LogP contribution in [0.3, 0.4) is 0 Å². The smallest absolute Gasteiger partial charge is 0.129 e. The van der Waals surface area contributed by atoms with Gasteiger partial charge in [0.2, 0.25) is 0 Å². The highest BCUT2D eigenvalue weighted by molar-refractivity contribution is 9.10. The fourth-order valence-corrected chi connectivity index (χ4v) is 2.49. The van der Waals surface area contributed by atoms with Crippen molar-refractivity contribution in [2.24, 2.45) is 0 Å². The fraction of sp³-hybridized carbons (Fsp3) is 0.188. The van der Waals surface area contributed by atoms with Crippen LogP contribution < -0.4 is 0 Å². The van der Waals surface area contributed by atoms with Crippen LogP contribution in [-0.4, -0.2) is 11.9 Å². The van der Waals surface area contributed by atoms with Crippen molar-refractivity contribution in [3.63, 3.8) is 0 Å². The molecule has 0 atom stereocenters. The Morgan fingerprint density at radius 3 is 2.65 bits per heavy atom. The third-order valence-electron chi connectivity index (χ3n) is 2.96. The molecule has 2 aromatic rings. The zero-order chi connectivity index (χ0) is 14.5. The Kier molecular flexibility index (Phi) is 4.89. The van der Waals surface area contributed by atoms with Crippen LogP contribution in [0, 0.1) is 17.1 Å². The zero-order valence-electron chi connectivity index (χ0n) is 11.1. The van der Waals surface area contributed by atoms with Crippen LogP contribution in [0.5, 0.6) is 0 Å². The Hall–Kier alpha value is -1.70. The number of nitriles is 1. The van der Waals surface area contributed by atoms with Crippen LogP contribution in [0.25, 0.3) is 0 Å². The molecule has 0 saturated heterocycles. The summed E-state index contributed by atoms with van der Waals surface area (Å²) < 4.78 is 14.9. The molecule has 0 bridgehead atoms. The van der Waals surface area contributed by atoms with E-state index < -0.39 is 0 Å². The van der Waals surface area contributed by atoms with E-state index in [0.717, 1.165) is 16.6 Å². The second-order valence-corrected chi connectivity index (χ2v) is 5.64. The van der Waals surface area contributed by atoms with Crippen molar-refractivity contribution in [1.29, 1.82) is 5.26 Å². The van der Waals surface area contributed by atoms with Gasteiger partial charge in [0, 0.05) is 23.1 Å². The lowest BCUT2D eigenvalue weighted by atomic mass is 10.1. The number of hydrogen-bond acceptors (Lipinski definition) is 2. The molecule has 0 radical (unpaired) electrons. The molecule has 0 aromatic heterocycles. The maximum absolute atomic E-state index is 13.8. The molecule has 0 heterocycles. The van der Waals surface area contributed by atoms with Crippen molar-refractivity contribution in [3.8, 4) is 6.07 Å². The highest BCUT2D eigenvalue weighted by Crippen LogP contribution is 2.16. The summed E-state index contributed by atoms with van der Waals surface area (Å²) in [6.45, 7) is 1.24. The van der Waals surface area contributed by atoms with Crippen LogP contribution in [0.4, 0.5) is 4.39 Å². The quantitative estimate of drug-likeness (QED) is 0.843. The van der Waals surface area contributed by atoms with Crippen molar-refractivity contribution in [1.82, 2.24) is 4.90 Å². The van der Waals surface area contributed by atoms with E-state index in [-0.39, 0.29) is 5.82 Å². The summed E-state index contributed by atoms with van der Waals surface area (Å²) in [5, 5.41) is 8.72. The second-order valence-electron chi connectivity index (χ2n) is 4.72. The minimum absolute atomic E-state index is 0.329. The molecule has 4 heteroatoms. The predicted octanol–water partition coefficient (Wildman–Crippen LogP) is 4.09. The van der Waals surface area contributed by atoms with Gasteiger partial charge in [-0.2, -0.15) is 5.26 Å². The van der Waals surface area contributed by atoms with E-state index in [1.165, 1.54) is 6.07 Å². The Morgan fingerprint density at radius 1 is 1.20 bits per heavy atom. The number of hydrogen-bond donors (Lipinski definition) is 0. The van der Waals surface area contributed by atoms with Gasteiger partial charge in [0.05, 0.1) is 11.6 Å². The molecule has 0 spiro atoms. The number of nitrogens with zero attached hydrogens (tertiary/aromatic N) is 2. The normalized spacial score (nSPS) is 10.6. The van der Waals surface area contributed by atoms with E-state index in [0.29, 0.717) is 17.7 Å². The SMILES string of the molecule is CN(Cc1cccc(Br)c1)Cc1ccc(C#N)cc1F. The van der Waals surface area contributed by atoms with Crippen molar-refractivity contribution >= 4 is 15.9 Å². The lowest BCUT2D eigenvalue weighted by Crippen LogP contribution is -2.18. The first-order valence-electron chi connectivity index (χ1n) is 6.20. The Bertz CT molecular complexity index is 649. The van der Waals surface area contributed by atoms with Crippen molar-refractivity contribution in [2.75, 3.05) is 7.05 Å². The van der Waals surface area contributed by atoms with Crippen molar-refractivity contribution in [3.05, 3.63) is 69.4 Å². The molecule has 0 amide bonds. The van der Waals surface area contributed by atoms with Gasteiger partial charge in [-0.25, -0.2) is 4.39 Å². The number of benzene rings is 2. The molecule has 102 valence electrons. The Balaban J connectivity index is 2.05. The first-order chi connectivity index (χ1) is 9.58. The zero-order valence-corrected chi connectivity index (χ0v) is 12.7. The van der Waals surface area contributed by atoms with Gasteiger partial charge in [-0.15, -0.1) is 0 Å². The third kappa shape index (κ3) is 3.89. The van der Waals surface area contributed by atoms with E-state index >= 15 is 0 Å². The average molecular weight is 333 g/mol. The maximum Gasteiger partial charge on any atom is 0.129 e. The molecule has 0 N–H and O–H groups in total. The Labute approximate surface area is 126 Å². The average Bonchev–Trinajstić information content (AvgIpc) is 2.41. The van der Waals surface area contributed by atoms with Crippen LogP contribution in [0.15, 0.2) is 46.9 Å². The van der Waals surface area contributed by atoms with Gasteiger partial charge in [0.1, 0.15) is 5.82 Å². The molecular formula is C16H14BrFN2. The summed E-state index contributed by atoms with van der Waals surface area (Å²) in [4.78, 5) is 2.03. The highest BCUT2D eigenvalue weighted by Gasteiger charge is 2.07. The van der Waals surface area contributed by atoms with E-state index in [4.69, 9.17) is 5.26 Å². The summed E-state index contributed by atoms with van der Waals surface area (Å²) in [7, 11) is 1.94. The van der Waals surface area contributed by atoms with E-state index in [9.17, 15) is 4.39 Å². The standard InChI is InChI=1S/C16H14BrFN2/c1-20(10-13-3-2-4-15(17)7-13)11-14-6-5-12(9-19)8-16(14)18/h2-8H,10-11H2,1H3. The molecule has 2 aromatic carbocycles. The predicted molar refractivity (Wildman–Crippen MR) is 80.4 cm³/mol. The van der Waals surface area contributed by atoms with Crippen LogP contribution in [0.2, 0.25) is 0 Å². The van der Waals surface area contributed by atoms with Crippen molar-refractivity contribution in [2.45, 2.75) is 13.1 Å². The summed E-state index contributed by atoms with van der Waals surface area (Å²) in [6.07, 6.45) is 0. The number of halogens is 2. The minimum Gasteiger partial charge on any atom is -0.298 e. The molecule has 0 aliphatic heterocycles. The monoisotopic (exact) mass is 332 g/mol. The highest BCUT2D eigenvalue weighted by atomic mass is 79.9. The molecule has 0 aliphatic rings. The first-order valence-corrected chi connectivity index (χ1v) is 6.99. The lowest BCUT2D eigenvalue weighted by molar-refractivity contribution is 0.313.